The largest absolute Gasteiger partial charge is 0.389 e. The van der Waals surface area contributed by atoms with E-state index in [2.05, 4.69) is 26.8 Å². The average molecular weight is 407 g/mol. The van der Waals surface area contributed by atoms with E-state index < -0.39 is 0 Å². The molecule has 0 heterocycles. The second-order valence-corrected chi connectivity index (χ2v) is 11.0. The minimum absolute atomic E-state index is 0.202. The van der Waals surface area contributed by atoms with Gasteiger partial charge in [-0.1, -0.05) is 32.4 Å². The van der Waals surface area contributed by atoms with Crippen LogP contribution in [0, 0.1) is 40.4 Å². The van der Waals surface area contributed by atoms with Crippen LogP contribution in [0.4, 0.5) is 0 Å². The van der Waals surface area contributed by atoms with Crippen molar-refractivity contribution in [2.24, 2.45) is 40.4 Å². The summed E-state index contributed by atoms with van der Waals surface area (Å²) in [6.45, 7) is 8.59. The SMILES string of the molecule is COCO[C@H]1CC[C@]2(C)C3CC[C@]4(C)[C@@H](C(C)COC)CC[C@H]4C3=C[C@H](O)[C@H]2C1. The number of fused-ring (bicyclic) bond motifs is 5. The van der Waals surface area contributed by atoms with Crippen molar-refractivity contribution < 1.29 is 19.3 Å². The van der Waals surface area contributed by atoms with Crippen molar-refractivity contribution >= 4 is 0 Å². The van der Waals surface area contributed by atoms with Crippen LogP contribution in [0.3, 0.4) is 0 Å². The maximum atomic E-state index is 11.2. The van der Waals surface area contributed by atoms with Gasteiger partial charge in [-0.2, -0.15) is 0 Å². The fourth-order valence-corrected chi connectivity index (χ4v) is 8.21. The van der Waals surface area contributed by atoms with Gasteiger partial charge in [0.05, 0.1) is 12.2 Å². The molecular weight excluding hydrogens is 364 g/mol. The Morgan fingerprint density at radius 1 is 1.03 bits per heavy atom. The molecule has 29 heavy (non-hydrogen) atoms. The number of hydrogen-bond donors (Lipinski definition) is 1. The zero-order chi connectivity index (χ0) is 20.8. The number of allylic oxidation sites excluding steroid dienone is 1. The minimum atomic E-state index is -0.335. The van der Waals surface area contributed by atoms with Crippen molar-refractivity contribution in [3.63, 3.8) is 0 Å². The number of aliphatic hydroxyl groups excluding tert-OH is 1. The third-order valence-corrected chi connectivity index (χ3v) is 9.66. The molecule has 0 amide bonds. The van der Waals surface area contributed by atoms with E-state index in [1.807, 2.05) is 7.11 Å². The molecule has 4 aliphatic rings. The highest BCUT2D eigenvalue weighted by Crippen LogP contribution is 2.66. The Balaban J connectivity index is 1.58. The molecule has 0 aliphatic heterocycles. The maximum absolute atomic E-state index is 11.2. The highest BCUT2D eigenvalue weighted by Gasteiger charge is 2.59. The first-order chi connectivity index (χ1) is 13.8. The maximum Gasteiger partial charge on any atom is 0.146 e. The van der Waals surface area contributed by atoms with E-state index in [0.717, 1.165) is 31.8 Å². The van der Waals surface area contributed by atoms with Crippen LogP contribution >= 0.6 is 0 Å². The summed E-state index contributed by atoms with van der Waals surface area (Å²) in [6, 6.07) is 0. The van der Waals surface area contributed by atoms with Gasteiger partial charge < -0.3 is 19.3 Å². The first-order valence-corrected chi connectivity index (χ1v) is 11.8. The van der Waals surface area contributed by atoms with Gasteiger partial charge in [0.15, 0.2) is 0 Å². The Bertz CT molecular complexity index is 618. The van der Waals surface area contributed by atoms with Crippen molar-refractivity contribution in [1.29, 1.82) is 0 Å². The molecule has 0 bridgehead atoms. The van der Waals surface area contributed by atoms with Gasteiger partial charge >= 0.3 is 0 Å². The predicted molar refractivity (Wildman–Crippen MR) is 114 cm³/mol. The van der Waals surface area contributed by atoms with Crippen molar-refractivity contribution in [3.8, 4) is 0 Å². The second kappa shape index (κ2) is 8.26. The van der Waals surface area contributed by atoms with E-state index in [9.17, 15) is 5.11 Å². The summed E-state index contributed by atoms with van der Waals surface area (Å²) in [5.74, 6) is 2.92. The number of ether oxygens (including phenoxy) is 3. The Hall–Kier alpha value is -0.420. The summed E-state index contributed by atoms with van der Waals surface area (Å²) in [6.07, 6.45) is 10.6. The predicted octanol–water partition coefficient (Wildman–Crippen LogP) is 4.81. The van der Waals surface area contributed by atoms with Gasteiger partial charge in [-0.15, -0.1) is 0 Å². The fraction of sp³-hybridized carbons (Fsp3) is 0.920. The van der Waals surface area contributed by atoms with Crippen molar-refractivity contribution in [2.75, 3.05) is 27.6 Å². The molecule has 4 nitrogen and oxygen atoms in total. The van der Waals surface area contributed by atoms with Crippen LogP contribution in [0.2, 0.25) is 0 Å². The Morgan fingerprint density at radius 3 is 2.48 bits per heavy atom. The zero-order valence-electron chi connectivity index (χ0n) is 19.2. The van der Waals surface area contributed by atoms with Gasteiger partial charge in [-0.25, -0.2) is 0 Å². The number of hydrogen-bond acceptors (Lipinski definition) is 4. The molecule has 3 fully saturated rings. The lowest BCUT2D eigenvalue weighted by atomic mass is 9.47. The molecule has 2 unspecified atom stereocenters. The third-order valence-electron chi connectivity index (χ3n) is 9.66. The van der Waals surface area contributed by atoms with Crippen LogP contribution in [0.15, 0.2) is 11.6 Å². The summed E-state index contributed by atoms with van der Waals surface area (Å²) in [5, 5.41) is 11.2. The summed E-state index contributed by atoms with van der Waals surface area (Å²) in [7, 11) is 3.51. The zero-order valence-corrected chi connectivity index (χ0v) is 19.2. The first kappa shape index (κ1) is 21.8. The molecule has 4 rings (SSSR count). The van der Waals surface area contributed by atoms with Gasteiger partial charge in [0.1, 0.15) is 6.79 Å². The van der Waals surface area contributed by atoms with Crippen molar-refractivity contribution in [1.82, 2.24) is 0 Å². The summed E-state index contributed by atoms with van der Waals surface area (Å²) in [4.78, 5) is 0. The van der Waals surface area contributed by atoms with E-state index in [4.69, 9.17) is 14.2 Å². The van der Waals surface area contributed by atoms with Crippen LogP contribution in [-0.4, -0.2) is 44.9 Å². The minimum Gasteiger partial charge on any atom is -0.389 e. The highest BCUT2D eigenvalue weighted by atomic mass is 16.7. The molecule has 0 aromatic carbocycles. The molecule has 0 aromatic heterocycles. The van der Waals surface area contributed by atoms with E-state index in [0.29, 0.717) is 35.9 Å². The van der Waals surface area contributed by atoms with E-state index in [-0.39, 0.29) is 17.6 Å². The molecule has 0 spiro atoms. The number of aliphatic hydroxyl groups is 1. The van der Waals surface area contributed by atoms with E-state index in [1.165, 1.54) is 25.7 Å². The van der Waals surface area contributed by atoms with E-state index in [1.54, 1.807) is 12.7 Å². The molecule has 0 saturated heterocycles. The Morgan fingerprint density at radius 2 is 1.76 bits per heavy atom. The standard InChI is InChI=1S/C25H42O4/c1-16(14-27-4)19-6-7-20-18-13-23(26)22-12-17(29-15-28-5)8-10-25(22,3)21(18)9-11-24(19,20)2/h13,16-17,19-23,26H,6-12,14-15H2,1-5H3/t16?,17-,19+,20-,21?,22+,23-,24+,25+/m0/s1. The number of methoxy groups -OCH3 is 2. The average Bonchev–Trinajstić information content (AvgIpc) is 3.04. The van der Waals surface area contributed by atoms with Crippen LogP contribution in [0.5, 0.6) is 0 Å². The number of rotatable bonds is 6. The van der Waals surface area contributed by atoms with Gasteiger partial charge in [0, 0.05) is 20.8 Å². The Labute approximate surface area is 177 Å². The lowest BCUT2D eigenvalue weighted by Gasteiger charge is -2.59. The molecule has 3 saturated carbocycles. The van der Waals surface area contributed by atoms with Gasteiger partial charge in [-0.3, -0.25) is 0 Å². The molecule has 9 atom stereocenters. The molecule has 0 radical (unpaired) electrons. The molecule has 166 valence electrons. The molecule has 0 aromatic rings. The lowest BCUT2D eigenvalue weighted by molar-refractivity contribution is -0.133. The van der Waals surface area contributed by atoms with Crippen LogP contribution in [0.25, 0.3) is 0 Å². The third kappa shape index (κ3) is 3.52. The quantitative estimate of drug-likeness (QED) is 0.508. The monoisotopic (exact) mass is 406 g/mol. The first-order valence-electron chi connectivity index (χ1n) is 11.8. The normalized spacial score (nSPS) is 47.7. The fourth-order valence-electron chi connectivity index (χ4n) is 8.21. The summed E-state index contributed by atoms with van der Waals surface area (Å²) in [5.41, 5.74) is 2.17. The van der Waals surface area contributed by atoms with Crippen LogP contribution in [0.1, 0.15) is 65.7 Å². The van der Waals surface area contributed by atoms with Gasteiger partial charge in [-0.05, 0) is 85.4 Å². The summed E-state index contributed by atoms with van der Waals surface area (Å²) >= 11 is 0. The summed E-state index contributed by atoms with van der Waals surface area (Å²) < 4.78 is 16.5. The van der Waals surface area contributed by atoms with Crippen LogP contribution in [-0.2, 0) is 14.2 Å². The van der Waals surface area contributed by atoms with Gasteiger partial charge in [0.25, 0.3) is 0 Å². The van der Waals surface area contributed by atoms with Crippen molar-refractivity contribution in [2.45, 2.75) is 77.9 Å². The Kier molecular flexibility index (Phi) is 6.21. The van der Waals surface area contributed by atoms with Crippen molar-refractivity contribution in [3.05, 3.63) is 11.6 Å². The second-order valence-electron chi connectivity index (χ2n) is 11.0. The lowest BCUT2D eigenvalue weighted by Crippen LogP contribution is -2.54. The smallest absolute Gasteiger partial charge is 0.146 e. The molecule has 4 heteroatoms. The van der Waals surface area contributed by atoms with E-state index >= 15 is 0 Å². The molecule has 4 aliphatic carbocycles. The topological polar surface area (TPSA) is 47.9 Å². The molecular formula is C25H42O4. The van der Waals surface area contributed by atoms with Gasteiger partial charge in [0.2, 0.25) is 0 Å². The highest BCUT2D eigenvalue weighted by molar-refractivity contribution is 5.29. The van der Waals surface area contributed by atoms with Crippen LogP contribution < -0.4 is 0 Å². The molecule has 1 N–H and O–H groups in total.